The van der Waals surface area contributed by atoms with Crippen molar-refractivity contribution in [3.05, 3.63) is 31.8 Å². The number of hydrogen-bond acceptors (Lipinski definition) is 2. The average Bonchev–Trinajstić information content (AvgIpc) is 2.42. The quantitative estimate of drug-likeness (QED) is 0.676. The lowest BCUT2D eigenvalue weighted by Crippen LogP contribution is -2.35. The van der Waals surface area contributed by atoms with Gasteiger partial charge in [-0.15, -0.1) is 0 Å². The molecule has 1 aliphatic rings. The highest BCUT2D eigenvalue weighted by Gasteiger charge is 2.21. The van der Waals surface area contributed by atoms with E-state index in [0.29, 0.717) is 5.92 Å². The van der Waals surface area contributed by atoms with Crippen LogP contribution >= 0.6 is 38.5 Å². The van der Waals surface area contributed by atoms with Gasteiger partial charge in [0.05, 0.1) is 12.2 Å². The second-order valence-corrected chi connectivity index (χ2v) is 6.99. The third-order valence-electron chi connectivity index (χ3n) is 3.29. The van der Waals surface area contributed by atoms with E-state index < -0.39 is 0 Å². The largest absolute Gasteiger partial charge is 0.381 e. The summed E-state index contributed by atoms with van der Waals surface area (Å²) in [6.45, 7) is 2.39. The molecule has 0 aromatic heterocycles. The minimum Gasteiger partial charge on any atom is -0.381 e. The Morgan fingerprint density at radius 2 is 2.37 bits per heavy atom. The summed E-state index contributed by atoms with van der Waals surface area (Å²) in [6.07, 6.45) is 2.24. The Kier molecular flexibility index (Phi) is 5.65. The first-order chi connectivity index (χ1) is 9.08. The van der Waals surface area contributed by atoms with E-state index in [2.05, 4.69) is 38.5 Å². The fourth-order valence-corrected chi connectivity index (χ4v) is 3.20. The van der Waals surface area contributed by atoms with Gasteiger partial charge in [-0.2, -0.15) is 0 Å². The Balaban J connectivity index is 2.03. The Hall–Kier alpha value is -0.140. The van der Waals surface area contributed by atoms with Crippen molar-refractivity contribution in [1.82, 2.24) is 4.90 Å². The van der Waals surface area contributed by atoms with E-state index in [-0.39, 0.29) is 5.91 Å². The summed E-state index contributed by atoms with van der Waals surface area (Å²) in [5.41, 5.74) is 0.728. The van der Waals surface area contributed by atoms with Crippen LogP contribution in [-0.4, -0.2) is 37.6 Å². The van der Waals surface area contributed by atoms with E-state index >= 15 is 0 Å². The maximum Gasteiger partial charge on any atom is 0.254 e. The second-order valence-electron chi connectivity index (χ2n) is 4.89. The molecule has 0 saturated carbocycles. The van der Waals surface area contributed by atoms with Gasteiger partial charge in [-0.3, -0.25) is 4.79 Å². The number of benzene rings is 1. The van der Waals surface area contributed by atoms with Crippen LogP contribution in [0, 0.1) is 9.49 Å². The van der Waals surface area contributed by atoms with E-state index in [1.165, 1.54) is 0 Å². The second kappa shape index (κ2) is 7.04. The van der Waals surface area contributed by atoms with Gasteiger partial charge >= 0.3 is 0 Å². The van der Waals surface area contributed by atoms with Crippen molar-refractivity contribution in [2.24, 2.45) is 5.92 Å². The minimum atomic E-state index is 0.0657. The van der Waals surface area contributed by atoms with E-state index in [1.54, 1.807) is 4.90 Å². The van der Waals surface area contributed by atoms with Crippen LogP contribution in [0.5, 0.6) is 0 Å². The number of rotatable bonds is 3. The van der Waals surface area contributed by atoms with Gasteiger partial charge in [0, 0.05) is 28.2 Å². The molecule has 1 saturated heterocycles. The molecule has 2 rings (SSSR count). The molecule has 1 atom stereocenters. The summed E-state index contributed by atoms with van der Waals surface area (Å²) in [5.74, 6) is 0.528. The first-order valence-corrected chi connectivity index (χ1v) is 8.23. The highest BCUT2D eigenvalue weighted by atomic mass is 127. The number of ether oxygens (including phenoxy) is 1. The predicted molar refractivity (Wildman–Crippen MR) is 87.4 cm³/mol. The molecule has 0 spiro atoms. The highest BCUT2D eigenvalue weighted by Crippen LogP contribution is 2.22. The number of hydrogen-bond donors (Lipinski definition) is 0. The highest BCUT2D eigenvalue weighted by molar-refractivity contribution is 14.1. The third-order valence-corrected chi connectivity index (χ3v) is 4.65. The fraction of sp³-hybridized carbons (Fsp3) is 0.500. The van der Waals surface area contributed by atoms with Gasteiger partial charge in [-0.1, -0.05) is 0 Å². The lowest BCUT2D eigenvalue weighted by atomic mass is 10.0. The topological polar surface area (TPSA) is 29.5 Å². The molecule has 104 valence electrons. The molecule has 5 heteroatoms. The molecule has 1 aromatic carbocycles. The molecule has 0 radical (unpaired) electrons. The van der Waals surface area contributed by atoms with Crippen molar-refractivity contribution in [2.45, 2.75) is 12.8 Å². The van der Waals surface area contributed by atoms with Crippen molar-refractivity contribution >= 4 is 44.4 Å². The van der Waals surface area contributed by atoms with E-state index in [1.807, 2.05) is 25.2 Å². The summed E-state index contributed by atoms with van der Waals surface area (Å²) in [6, 6.07) is 5.82. The van der Waals surface area contributed by atoms with Gasteiger partial charge in [0.15, 0.2) is 0 Å². The van der Waals surface area contributed by atoms with Crippen molar-refractivity contribution < 1.29 is 9.53 Å². The van der Waals surface area contributed by atoms with Crippen LogP contribution in [0.25, 0.3) is 0 Å². The molecule has 1 fully saturated rings. The third kappa shape index (κ3) is 4.16. The van der Waals surface area contributed by atoms with Crippen LogP contribution in [0.2, 0.25) is 0 Å². The number of amides is 1. The Bertz CT molecular complexity index is 461. The first-order valence-electron chi connectivity index (χ1n) is 6.36. The molecule has 0 aliphatic carbocycles. The molecule has 0 bridgehead atoms. The van der Waals surface area contributed by atoms with Gasteiger partial charge in [0.25, 0.3) is 5.91 Å². The summed E-state index contributed by atoms with van der Waals surface area (Å²) >= 11 is 5.67. The molecule has 1 aliphatic heterocycles. The molecular weight excluding hydrogens is 421 g/mol. The normalized spacial score (nSPS) is 19.2. The summed E-state index contributed by atoms with van der Waals surface area (Å²) in [7, 11) is 1.86. The van der Waals surface area contributed by atoms with Crippen LogP contribution in [0.1, 0.15) is 23.2 Å². The standard InChI is InChI=1S/C14H17BrINO2/c1-17(8-10-3-2-6-19-9-10)14(18)12-7-11(16)4-5-13(12)15/h4-5,7,10H,2-3,6,8-9H2,1H3. The van der Waals surface area contributed by atoms with Crippen molar-refractivity contribution in [3.8, 4) is 0 Å². The Morgan fingerprint density at radius 3 is 3.05 bits per heavy atom. The summed E-state index contributed by atoms with van der Waals surface area (Å²) in [5, 5.41) is 0. The van der Waals surface area contributed by atoms with Crippen molar-refractivity contribution in [2.75, 3.05) is 26.8 Å². The molecular formula is C14H17BrINO2. The lowest BCUT2D eigenvalue weighted by Gasteiger charge is -2.27. The molecule has 1 heterocycles. The monoisotopic (exact) mass is 437 g/mol. The fourth-order valence-electron chi connectivity index (χ4n) is 2.29. The molecule has 1 aromatic rings. The summed E-state index contributed by atoms with van der Waals surface area (Å²) < 4.78 is 7.38. The van der Waals surface area contributed by atoms with Crippen molar-refractivity contribution in [3.63, 3.8) is 0 Å². The maximum absolute atomic E-state index is 12.4. The predicted octanol–water partition coefficient (Wildman–Crippen LogP) is 3.55. The van der Waals surface area contributed by atoms with Gasteiger partial charge in [-0.05, 0) is 75.5 Å². The van der Waals surface area contributed by atoms with Crippen LogP contribution in [-0.2, 0) is 4.74 Å². The van der Waals surface area contributed by atoms with Gasteiger partial charge in [-0.25, -0.2) is 0 Å². The molecule has 19 heavy (non-hydrogen) atoms. The van der Waals surface area contributed by atoms with E-state index in [4.69, 9.17) is 4.74 Å². The zero-order valence-corrected chi connectivity index (χ0v) is 14.6. The number of carbonyl (C=O) groups is 1. The zero-order valence-electron chi connectivity index (χ0n) is 10.9. The Morgan fingerprint density at radius 1 is 1.58 bits per heavy atom. The number of carbonyl (C=O) groups excluding carboxylic acids is 1. The van der Waals surface area contributed by atoms with Crippen LogP contribution in [0.15, 0.2) is 22.7 Å². The van der Waals surface area contributed by atoms with Gasteiger partial charge in [0.2, 0.25) is 0 Å². The maximum atomic E-state index is 12.4. The Labute approximate surface area is 136 Å². The minimum absolute atomic E-state index is 0.0657. The van der Waals surface area contributed by atoms with Crippen LogP contribution in [0.4, 0.5) is 0 Å². The van der Waals surface area contributed by atoms with E-state index in [0.717, 1.165) is 46.2 Å². The molecule has 1 amide bonds. The van der Waals surface area contributed by atoms with Crippen LogP contribution in [0.3, 0.4) is 0 Å². The van der Waals surface area contributed by atoms with Crippen LogP contribution < -0.4 is 0 Å². The first kappa shape index (κ1) is 15.3. The SMILES string of the molecule is CN(CC1CCCOC1)C(=O)c1cc(I)ccc1Br. The molecule has 3 nitrogen and oxygen atoms in total. The molecule has 1 unspecified atom stereocenters. The number of nitrogens with zero attached hydrogens (tertiary/aromatic N) is 1. The molecule has 0 N–H and O–H groups in total. The van der Waals surface area contributed by atoms with Gasteiger partial charge in [0.1, 0.15) is 0 Å². The van der Waals surface area contributed by atoms with Crippen molar-refractivity contribution in [1.29, 1.82) is 0 Å². The zero-order chi connectivity index (χ0) is 13.8. The lowest BCUT2D eigenvalue weighted by molar-refractivity contribution is 0.0388. The average molecular weight is 438 g/mol. The summed E-state index contributed by atoms with van der Waals surface area (Å²) in [4.78, 5) is 14.2. The van der Waals surface area contributed by atoms with E-state index in [9.17, 15) is 4.79 Å². The number of halogens is 2. The van der Waals surface area contributed by atoms with Gasteiger partial charge < -0.3 is 9.64 Å². The smallest absolute Gasteiger partial charge is 0.254 e.